The summed E-state index contributed by atoms with van der Waals surface area (Å²) in [6.45, 7) is 3.71. The van der Waals surface area contributed by atoms with Crippen LogP contribution in [0.5, 0.6) is 0 Å². The number of anilines is 1. The lowest BCUT2D eigenvalue weighted by Crippen LogP contribution is -2.33. The minimum atomic E-state index is -0.734. The molecule has 0 bridgehead atoms. The molecule has 1 fully saturated rings. The van der Waals surface area contributed by atoms with Gasteiger partial charge >= 0.3 is 0 Å². The maximum atomic E-state index is 13.0. The van der Waals surface area contributed by atoms with E-state index in [9.17, 15) is 9.59 Å². The average Bonchev–Trinajstić information content (AvgIpc) is 3.52. The first-order valence-electron chi connectivity index (χ1n) is 10.5. The second-order valence-corrected chi connectivity index (χ2v) is 8.07. The molecule has 5 rings (SSSR count). The summed E-state index contributed by atoms with van der Waals surface area (Å²) in [5.41, 5.74) is 4.77. The molecule has 1 aliphatic carbocycles. The van der Waals surface area contributed by atoms with Crippen LogP contribution in [0, 0.1) is 6.92 Å². The number of nitrogens with zero attached hydrogens (tertiary/aromatic N) is 4. The Morgan fingerprint density at radius 2 is 1.94 bits per heavy atom. The topological polar surface area (TPSA) is 81.3 Å². The SMILES string of the molecule is Cc1cccn2cc(-c3ccccc3NC(=O)C(C)n3nc(C4CC4)ccc3=O)nc12. The van der Waals surface area contributed by atoms with Crippen molar-refractivity contribution >= 4 is 17.2 Å². The zero-order chi connectivity index (χ0) is 21.5. The number of hydrogen-bond acceptors (Lipinski definition) is 4. The zero-order valence-corrected chi connectivity index (χ0v) is 17.4. The molecule has 0 aliphatic heterocycles. The first kappa shape index (κ1) is 19.2. The van der Waals surface area contributed by atoms with E-state index in [1.54, 1.807) is 13.0 Å². The number of imidazole rings is 1. The number of hydrogen-bond donors (Lipinski definition) is 1. The Labute approximate surface area is 179 Å². The van der Waals surface area contributed by atoms with Crippen LogP contribution in [0.15, 0.2) is 65.7 Å². The van der Waals surface area contributed by atoms with Gasteiger partial charge in [-0.1, -0.05) is 24.3 Å². The van der Waals surface area contributed by atoms with Crippen LogP contribution in [-0.4, -0.2) is 25.1 Å². The second-order valence-electron chi connectivity index (χ2n) is 8.07. The van der Waals surface area contributed by atoms with Crippen LogP contribution in [0.4, 0.5) is 5.69 Å². The molecule has 0 saturated heterocycles. The van der Waals surface area contributed by atoms with Crippen molar-refractivity contribution in [2.75, 3.05) is 5.32 Å². The molecular formula is C24H23N5O2. The summed E-state index contributed by atoms with van der Waals surface area (Å²) >= 11 is 0. The van der Waals surface area contributed by atoms with Crippen molar-refractivity contribution in [3.05, 3.63) is 82.5 Å². The van der Waals surface area contributed by atoms with Crippen LogP contribution in [-0.2, 0) is 4.79 Å². The van der Waals surface area contributed by atoms with E-state index in [2.05, 4.69) is 10.4 Å². The van der Waals surface area contributed by atoms with Gasteiger partial charge in [0.15, 0.2) is 0 Å². The molecule has 3 heterocycles. The summed E-state index contributed by atoms with van der Waals surface area (Å²) in [4.78, 5) is 30.1. The van der Waals surface area contributed by atoms with Gasteiger partial charge in [0.1, 0.15) is 11.7 Å². The molecule has 156 valence electrons. The maximum absolute atomic E-state index is 13.0. The van der Waals surface area contributed by atoms with Crippen molar-refractivity contribution in [1.82, 2.24) is 19.2 Å². The molecule has 0 spiro atoms. The lowest BCUT2D eigenvalue weighted by molar-refractivity contribution is -0.119. The number of aryl methyl sites for hydroxylation is 1. The average molecular weight is 413 g/mol. The highest BCUT2D eigenvalue weighted by atomic mass is 16.2. The predicted octanol–water partition coefficient (Wildman–Crippen LogP) is 3.94. The number of carbonyl (C=O) groups excluding carboxylic acids is 1. The molecule has 7 heteroatoms. The summed E-state index contributed by atoms with van der Waals surface area (Å²) in [7, 11) is 0. The van der Waals surface area contributed by atoms with Crippen LogP contribution < -0.4 is 10.9 Å². The molecule has 31 heavy (non-hydrogen) atoms. The van der Waals surface area contributed by atoms with Gasteiger partial charge < -0.3 is 9.72 Å². The minimum absolute atomic E-state index is 0.281. The quantitative estimate of drug-likeness (QED) is 0.537. The fourth-order valence-corrected chi connectivity index (χ4v) is 3.76. The Morgan fingerprint density at radius 1 is 1.13 bits per heavy atom. The molecule has 1 atom stereocenters. The van der Waals surface area contributed by atoms with Crippen molar-refractivity contribution in [2.24, 2.45) is 0 Å². The van der Waals surface area contributed by atoms with Gasteiger partial charge in [-0.25, -0.2) is 9.67 Å². The largest absolute Gasteiger partial charge is 0.324 e. The monoisotopic (exact) mass is 413 g/mol. The smallest absolute Gasteiger partial charge is 0.267 e. The third kappa shape index (κ3) is 3.63. The number of pyridine rings is 1. The zero-order valence-electron chi connectivity index (χ0n) is 17.4. The van der Waals surface area contributed by atoms with Gasteiger partial charge in [0.25, 0.3) is 5.56 Å². The Balaban J connectivity index is 1.45. The maximum Gasteiger partial charge on any atom is 0.267 e. The van der Waals surface area contributed by atoms with Crippen molar-refractivity contribution in [3.63, 3.8) is 0 Å². The molecule has 7 nitrogen and oxygen atoms in total. The minimum Gasteiger partial charge on any atom is -0.324 e. The highest BCUT2D eigenvalue weighted by molar-refractivity contribution is 5.97. The number of carbonyl (C=O) groups is 1. The van der Waals surface area contributed by atoms with E-state index in [1.165, 1.54) is 10.7 Å². The Morgan fingerprint density at radius 3 is 2.71 bits per heavy atom. The van der Waals surface area contributed by atoms with Crippen molar-refractivity contribution in [1.29, 1.82) is 0 Å². The fourth-order valence-electron chi connectivity index (χ4n) is 3.76. The highest BCUT2D eigenvalue weighted by Crippen LogP contribution is 2.38. The van der Waals surface area contributed by atoms with Crippen LogP contribution in [0.2, 0.25) is 0 Å². The Bertz CT molecular complexity index is 1350. The third-order valence-electron chi connectivity index (χ3n) is 5.73. The van der Waals surface area contributed by atoms with Gasteiger partial charge in [0, 0.05) is 29.9 Å². The number of nitrogens with one attached hydrogen (secondary N) is 1. The normalized spacial score (nSPS) is 14.5. The van der Waals surface area contributed by atoms with Gasteiger partial charge in [0.05, 0.1) is 17.1 Å². The molecule has 0 radical (unpaired) electrons. The van der Waals surface area contributed by atoms with E-state index in [0.717, 1.165) is 41.0 Å². The fraction of sp³-hybridized carbons (Fsp3) is 0.250. The lowest BCUT2D eigenvalue weighted by atomic mass is 10.1. The van der Waals surface area contributed by atoms with Crippen molar-refractivity contribution in [2.45, 2.75) is 38.6 Å². The Hall–Kier alpha value is -3.74. The number of amides is 1. The lowest BCUT2D eigenvalue weighted by Gasteiger charge is -2.16. The van der Waals surface area contributed by atoms with Crippen LogP contribution >= 0.6 is 0 Å². The molecule has 1 aliphatic rings. The highest BCUT2D eigenvalue weighted by Gasteiger charge is 2.27. The van der Waals surface area contributed by atoms with Gasteiger partial charge in [-0.15, -0.1) is 0 Å². The number of para-hydroxylation sites is 1. The van der Waals surface area contributed by atoms with Gasteiger partial charge in [-0.3, -0.25) is 9.59 Å². The molecule has 1 saturated carbocycles. The van der Waals surface area contributed by atoms with E-state index in [-0.39, 0.29) is 11.5 Å². The van der Waals surface area contributed by atoms with E-state index in [0.29, 0.717) is 11.6 Å². The van der Waals surface area contributed by atoms with Crippen molar-refractivity contribution < 1.29 is 4.79 Å². The molecule has 1 aromatic carbocycles. The Kier molecular flexibility index (Phi) is 4.66. The number of fused-ring (bicyclic) bond motifs is 1. The number of benzene rings is 1. The van der Waals surface area contributed by atoms with Crippen LogP contribution in [0.25, 0.3) is 16.9 Å². The predicted molar refractivity (Wildman–Crippen MR) is 119 cm³/mol. The summed E-state index contributed by atoms with van der Waals surface area (Å²) in [5.74, 6) is 0.108. The molecular weight excluding hydrogens is 390 g/mol. The summed E-state index contributed by atoms with van der Waals surface area (Å²) in [5, 5.41) is 7.41. The molecule has 1 N–H and O–H groups in total. The molecule has 1 unspecified atom stereocenters. The van der Waals surface area contributed by atoms with E-state index >= 15 is 0 Å². The molecule has 4 aromatic rings. The van der Waals surface area contributed by atoms with Gasteiger partial charge in [-0.05, 0) is 50.5 Å². The second kappa shape index (κ2) is 7.50. The van der Waals surface area contributed by atoms with Crippen LogP contribution in [0.1, 0.15) is 43.0 Å². The number of aromatic nitrogens is 4. The standard InChI is InChI=1S/C24H23N5O2/c1-15-6-5-13-28-14-21(25-23(15)28)18-7-3-4-8-20(18)26-24(31)16(2)29-22(30)12-11-19(27-29)17-9-10-17/h3-8,11-14,16-17H,9-10H2,1-2H3,(H,26,31). The summed E-state index contributed by atoms with van der Waals surface area (Å²) in [6.07, 6.45) is 6.06. The first-order valence-corrected chi connectivity index (χ1v) is 10.5. The first-order chi connectivity index (χ1) is 15.0. The van der Waals surface area contributed by atoms with Crippen molar-refractivity contribution in [3.8, 4) is 11.3 Å². The number of rotatable bonds is 5. The van der Waals surface area contributed by atoms with E-state index < -0.39 is 6.04 Å². The van der Waals surface area contributed by atoms with E-state index in [1.807, 2.05) is 60.1 Å². The third-order valence-corrected chi connectivity index (χ3v) is 5.73. The molecule has 1 amide bonds. The van der Waals surface area contributed by atoms with Crippen LogP contribution in [0.3, 0.4) is 0 Å². The van der Waals surface area contributed by atoms with E-state index in [4.69, 9.17) is 4.98 Å². The van der Waals surface area contributed by atoms with Gasteiger partial charge in [-0.2, -0.15) is 5.10 Å². The molecule has 3 aromatic heterocycles. The summed E-state index contributed by atoms with van der Waals surface area (Å²) < 4.78 is 3.25. The van der Waals surface area contributed by atoms with Gasteiger partial charge in [0.2, 0.25) is 5.91 Å². The summed E-state index contributed by atoms with van der Waals surface area (Å²) in [6, 6.07) is 14.1.